The van der Waals surface area contributed by atoms with E-state index in [1.807, 2.05) is 149 Å². The van der Waals surface area contributed by atoms with Gasteiger partial charge in [0.15, 0.2) is 5.78 Å². The fraction of sp³-hybridized carbons (Fsp3) is 0.690. The Morgan fingerprint density at radius 1 is 0.419 bits per heavy atom. The lowest BCUT2D eigenvalue weighted by Crippen LogP contribution is -2.51. The maximum absolute atomic E-state index is 15.7. The quantitative estimate of drug-likeness (QED) is 0.00626. The molecule has 4 heterocycles. The molecule has 4 fully saturated rings. The summed E-state index contributed by atoms with van der Waals surface area (Å²) in [4.78, 5) is 244. The number of nitrogens with one attached hydrogen (secondary N) is 4. The highest BCUT2D eigenvalue weighted by molar-refractivity contribution is 6.07. The Bertz CT molecular complexity index is 4960. The van der Waals surface area contributed by atoms with Crippen molar-refractivity contribution in [2.75, 3.05) is 123 Å². The van der Waals surface area contributed by atoms with Gasteiger partial charge in [0.2, 0.25) is 35.4 Å². The molecule has 14 unspecified atom stereocenters. The number of hydrogen-bond acceptors (Lipinski definition) is 26. The third kappa shape index (κ3) is 36.4. The van der Waals surface area contributed by atoms with E-state index in [4.69, 9.17) is 26.0 Å². The first-order valence-electron chi connectivity index (χ1n) is 52.5. The number of carboxylic acid groups (broad SMARTS) is 3. The second-order valence-corrected chi connectivity index (χ2v) is 46.9. The smallest absolute Gasteiger partial charge is 0.318 e. The molecular formula is C113H181N11O24. The van der Waals surface area contributed by atoms with Crippen LogP contribution in [0.25, 0.3) is 0 Å². The van der Waals surface area contributed by atoms with E-state index in [1.165, 1.54) is 27.7 Å². The molecule has 3 aromatic carbocycles. The number of cyclic esters (lactones) is 4. The van der Waals surface area contributed by atoms with E-state index in [2.05, 4.69) is 39.9 Å². The number of anilines is 3. The van der Waals surface area contributed by atoms with Gasteiger partial charge in [-0.15, -0.1) is 0 Å². The summed E-state index contributed by atoms with van der Waals surface area (Å²) in [6.07, 6.45) is 2.11. The van der Waals surface area contributed by atoms with Crippen molar-refractivity contribution < 1.29 is 116 Å². The number of ketones is 1. The molecule has 0 radical (unpaired) electrons. The van der Waals surface area contributed by atoms with Crippen LogP contribution in [0, 0.1) is 139 Å². The number of carbonyl (C=O) groups is 17. The number of likely N-dealkylation sites (tertiary alicyclic amines) is 2. The number of carbonyl (C=O) groups excluding carboxylic acids is 14. The number of nitrogens with two attached hydrogens (primary N) is 2. The van der Waals surface area contributed by atoms with Crippen LogP contribution in [0.4, 0.5) is 17.1 Å². The number of Topliss-reactive ketones (excluding diaryl/α,β-unsaturated/α-hetero) is 1. The van der Waals surface area contributed by atoms with Gasteiger partial charge in [-0.25, -0.2) is 0 Å². The van der Waals surface area contributed by atoms with E-state index in [0.717, 1.165) is 58.2 Å². The SMILES string of the molecule is CC(C)CN.CCC(C)(C)C1C(=O)OC(=O)C1C.CCO.CCOC(=O)C(C(CC(C)(C)C1C(=O)OC(=O)C1C)C(=O)O)C(C)(C)CC(C(=O)O)C(C(=O)NCC(C)C)C(C)(C)CC1C(=O)N(CC(C)C)C(=O)C1C(C)(C)CC1C(=O)N(CCCNC(=O)c2ccc(N(C)C)cc2)C(=O)C1C(C)(C)CC(C(=O)O)C(C(=O)NCCCNC(=O)c1ccc(N(C)C)cc1)C(C)(C)CC.CN(C)c1ccc(C(=O)CCCCN)cc1. The summed E-state index contributed by atoms with van der Waals surface area (Å²) < 4.78 is 15.1. The van der Waals surface area contributed by atoms with Gasteiger partial charge in [0.25, 0.3) is 11.8 Å². The minimum absolute atomic E-state index is 0.0195. The number of aliphatic hydroxyl groups is 1. The molecule has 35 heteroatoms. The Balaban J connectivity index is 0.00000126. The van der Waals surface area contributed by atoms with Crippen molar-refractivity contribution in [2.24, 2.45) is 150 Å². The molecule has 14 atom stereocenters. The molecule has 8 amide bonds. The molecule has 0 aliphatic carbocycles. The lowest BCUT2D eigenvalue weighted by molar-refractivity contribution is -0.168. The number of unbranched alkanes of at least 4 members (excludes halogenated alkanes) is 1. The first-order chi connectivity index (χ1) is 68.5. The molecular weight excluding hydrogens is 1900 g/mol. The van der Waals surface area contributed by atoms with E-state index in [0.29, 0.717) is 36.4 Å². The Morgan fingerprint density at radius 2 is 0.791 bits per heavy atom. The maximum atomic E-state index is 15.7. The van der Waals surface area contributed by atoms with Crippen LogP contribution in [0.2, 0.25) is 0 Å². The van der Waals surface area contributed by atoms with E-state index in [-0.39, 0.29) is 144 Å². The molecule has 0 spiro atoms. The highest BCUT2D eigenvalue weighted by atomic mass is 16.6. The number of carboxylic acids is 3. The Morgan fingerprint density at radius 3 is 1.18 bits per heavy atom. The number of aliphatic carboxylic acids is 3. The van der Waals surface area contributed by atoms with E-state index in [1.54, 1.807) is 119 Å². The summed E-state index contributed by atoms with van der Waals surface area (Å²) in [7, 11) is 11.5. The summed E-state index contributed by atoms with van der Waals surface area (Å²) in [5, 5.41) is 53.4. The Hall–Kier alpha value is -11.1. The van der Waals surface area contributed by atoms with Crippen LogP contribution in [-0.4, -0.2) is 239 Å². The number of ether oxygens (including phenoxy) is 3. The molecule has 35 nitrogen and oxygen atoms in total. The first kappa shape index (κ1) is 131. The van der Waals surface area contributed by atoms with Gasteiger partial charge < -0.3 is 82.1 Å². The van der Waals surface area contributed by atoms with Crippen LogP contribution < -0.4 is 47.4 Å². The van der Waals surface area contributed by atoms with Gasteiger partial charge in [-0.1, -0.05) is 179 Å². The lowest BCUT2D eigenvalue weighted by Gasteiger charge is -2.45. The molecule has 4 aliphatic heterocycles. The third-order valence-electron chi connectivity index (χ3n) is 29.7. The topological polar surface area (TPSA) is 515 Å². The first-order valence-corrected chi connectivity index (χ1v) is 52.5. The lowest BCUT2D eigenvalue weighted by atomic mass is 9.57. The second kappa shape index (κ2) is 57.8. The highest BCUT2D eigenvalue weighted by Gasteiger charge is 2.63. The zero-order chi connectivity index (χ0) is 113. The van der Waals surface area contributed by atoms with Crippen LogP contribution in [0.1, 0.15) is 288 Å². The molecule has 12 N–H and O–H groups in total. The predicted octanol–water partition coefficient (Wildman–Crippen LogP) is 14.3. The van der Waals surface area contributed by atoms with Crippen molar-refractivity contribution >= 4 is 118 Å². The van der Waals surface area contributed by atoms with Gasteiger partial charge >= 0.3 is 47.8 Å². The minimum Gasteiger partial charge on any atom is -0.481 e. The van der Waals surface area contributed by atoms with E-state index >= 15 is 24.0 Å². The molecule has 0 aromatic heterocycles. The molecule has 4 saturated heterocycles. The van der Waals surface area contributed by atoms with Gasteiger partial charge in [-0.05, 0) is 213 Å². The number of esters is 5. The molecule has 832 valence electrons. The van der Waals surface area contributed by atoms with Crippen LogP contribution in [0.5, 0.6) is 0 Å². The summed E-state index contributed by atoms with van der Waals surface area (Å²) in [5.74, 6) is -29.3. The molecule has 4 aliphatic rings. The second-order valence-electron chi connectivity index (χ2n) is 46.9. The molecule has 148 heavy (non-hydrogen) atoms. The van der Waals surface area contributed by atoms with Crippen molar-refractivity contribution in [3.8, 4) is 0 Å². The number of hydrogen-bond donors (Lipinski definition) is 10. The van der Waals surface area contributed by atoms with Gasteiger partial charge in [-0.2, -0.15) is 0 Å². The summed E-state index contributed by atoms with van der Waals surface area (Å²) >= 11 is 0. The van der Waals surface area contributed by atoms with Crippen LogP contribution in [-0.2, 0) is 81.3 Å². The average molecular weight is 2080 g/mol. The zero-order valence-corrected chi connectivity index (χ0v) is 94.6. The van der Waals surface area contributed by atoms with E-state index < -0.39 is 187 Å². The largest absolute Gasteiger partial charge is 0.481 e. The molecule has 0 saturated carbocycles. The monoisotopic (exact) mass is 2080 g/mol. The maximum Gasteiger partial charge on any atom is 0.318 e. The third-order valence-corrected chi connectivity index (χ3v) is 29.7. The molecule has 3 aromatic rings. The number of aliphatic hydroxyl groups excluding tert-OH is 1. The number of nitrogens with zero attached hydrogens (tertiary/aromatic N) is 5. The van der Waals surface area contributed by atoms with Gasteiger partial charge in [0.1, 0.15) is 0 Å². The summed E-state index contributed by atoms with van der Waals surface area (Å²) in [6, 6.07) is 21.7. The van der Waals surface area contributed by atoms with Crippen molar-refractivity contribution in [3.63, 3.8) is 0 Å². The Kier molecular flexibility index (Phi) is 51.2. The normalized spacial score (nSPS) is 19.4. The number of benzene rings is 3. The van der Waals surface area contributed by atoms with Crippen molar-refractivity contribution in [2.45, 2.75) is 257 Å². The van der Waals surface area contributed by atoms with Crippen LogP contribution in [0.3, 0.4) is 0 Å². The van der Waals surface area contributed by atoms with Gasteiger partial charge in [0.05, 0.1) is 89.5 Å². The van der Waals surface area contributed by atoms with Crippen LogP contribution >= 0.6 is 0 Å². The number of rotatable bonds is 52. The van der Waals surface area contributed by atoms with Crippen molar-refractivity contribution in [1.82, 2.24) is 31.1 Å². The fourth-order valence-electron chi connectivity index (χ4n) is 21.1. The zero-order valence-electron chi connectivity index (χ0n) is 94.6. The number of imide groups is 2. The summed E-state index contributed by atoms with van der Waals surface area (Å²) in [5.41, 5.74) is 6.46. The van der Waals surface area contributed by atoms with Crippen LogP contribution in [0.15, 0.2) is 72.8 Å². The highest BCUT2D eigenvalue weighted by Crippen LogP contribution is 2.57. The van der Waals surface area contributed by atoms with E-state index in [9.17, 15) is 72.9 Å². The molecule has 0 bridgehead atoms. The van der Waals surface area contributed by atoms with Gasteiger partial charge in [0, 0.05) is 128 Å². The fourth-order valence-corrected chi connectivity index (χ4v) is 21.1. The van der Waals surface area contributed by atoms with Crippen molar-refractivity contribution in [1.29, 1.82) is 0 Å². The summed E-state index contributed by atoms with van der Waals surface area (Å²) in [6.45, 7) is 47.0. The van der Waals surface area contributed by atoms with Gasteiger partial charge in [-0.3, -0.25) is 91.3 Å². The predicted molar refractivity (Wildman–Crippen MR) is 571 cm³/mol. The van der Waals surface area contributed by atoms with Crippen molar-refractivity contribution in [3.05, 3.63) is 89.5 Å². The Labute approximate surface area is 879 Å². The number of amides is 8. The minimum atomic E-state index is -1.76. The standard InChI is InChI=1S/C84H128N8O19.C13H20N2O.C10H16O3.C4H11N.C2H6O/c1-24-79(8,9)60(67(95)87-37-26-36-85-65(93)50-28-32-52(33-29-50)89(20)21)56(73(101)102)42-83(16,17)62-54(69(97)91(71(62)99)39-27-38-86-66(94)51-30-34-53(35-31-51)90(22)23)41-82(14,15)63-55(70(98)92(72(63)100)46-48(5)6)40-81(12,13)61(68(96)88-45-47(3)4)57(74(103)104)43-84(18,19)64(77(108)110-25-2)58(75(105)106)44-80(10,11)59-49(7)76(107)111-78(59)109;1-15(2)12-8-6-11(7-9-12)13(16)5-3-4-10-14;1-5-10(3,4)7-6(2)8(11)13-9(7)12;1-4(2)3-5;1-2-3/h28-35,47-49,54-64H,24-27,36-46H2,1-23H3,(H,85,93)(H,86,94)(H,87,95)(H,88,96)(H,101,102)(H,103,104)(H,105,106);6-9H,3-5,10,14H2,1-2H3;6-7H,5H2,1-4H3;4H,3,5H2,1-2H3;3H,2H2,1H3. The molecule has 7 rings (SSSR count). The average Bonchev–Trinajstić information content (AvgIpc) is 1.57.